The van der Waals surface area contributed by atoms with E-state index in [1.807, 2.05) is 6.07 Å². The fraction of sp³-hybridized carbons (Fsp3) is 0.0870. The average Bonchev–Trinajstić information content (AvgIpc) is 2.77. The fourth-order valence-corrected chi connectivity index (χ4v) is 3.46. The molecule has 0 radical (unpaired) electrons. The summed E-state index contributed by atoms with van der Waals surface area (Å²) in [5.41, 5.74) is 2.15. The Hall–Kier alpha value is -3.98. The van der Waals surface area contributed by atoms with Gasteiger partial charge in [-0.15, -0.1) is 0 Å². The molecule has 0 saturated carbocycles. The van der Waals surface area contributed by atoms with E-state index in [0.717, 1.165) is 10.6 Å². The number of anilines is 2. The molecule has 1 N–H and O–H groups in total. The summed E-state index contributed by atoms with van der Waals surface area (Å²) in [7, 11) is -2.03. The van der Waals surface area contributed by atoms with Crippen LogP contribution in [-0.2, 0) is 14.8 Å². The molecular weight excluding hydrogens is 430 g/mol. The number of sulfonamides is 1. The van der Waals surface area contributed by atoms with Crippen LogP contribution in [0.15, 0.2) is 78.9 Å². The molecule has 0 aromatic heterocycles. The van der Waals surface area contributed by atoms with Crippen molar-refractivity contribution in [1.29, 1.82) is 0 Å². The second kappa shape index (κ2) is 9.44. The normalized spacial score (nSPS) is 11.6. The number of nitro groups is 1. The molecule has 0 aliphatic heterocycles. The summed E-state index contributed by atoms with van der Waals surface area (Å²) < 4.78 is 24.7. The van der Waals surface area contributed by atoms with Crippen LogP contribution in [0.5, 0.6) is 0 Å². The Kier molecular flexibility index (Phi) is 6.70. The van der Waals surface area contributed by atoms with E-state index in [1.165, 1.54) is 19.2 Å². The highest BCUT2D eigenvalue weighted by molar-refractivity contribution is 7.92. The molecule has 1 amide bonds. The average molecular weight is 452 g/mol. The molecule has 0 unspecified atom stereocenters. The second-order valence-electron chi connectivity index (χ2n) is 7.01. The highest BCUT2D eigenvalue weighted by Gasteiger charge is 2.16. The highest BCUT2D eigenvalue weighted by atomic mass is 32.2. The smallest absolute Gasteiger partial charge is 0.270 e. The van der Waals surface area contributed by atoms with Gasteiger partial charge >= 0.3 is 0 Å². The van der Waals surface area contributed by atoms with E-state index < -0.39 is 20.9 Å². The Bertz CT molecular complexity index is 1290. The largest absolute Gasteiger partial charge is 0.322 e. The predicted octanol–water partition coefficient (Wildman–Crippen LogP) is 4.17. The van der Waals surface area contributed by atoms with Crippen LogP contribution < -0.4 is 9.62 Å². The maximum Gasteiger partial charge on any atom is 0.270 e. The maximum atomic E-state index is 13.2. The van der Waals surface area contributed by atoms with Gasteiger partial charge < -0.3 is 5.32 Å². The molecule has 32 heavy (non-hydrogen) atoms. The van der Waals surface area contributed by atoms with Crippen molar-refractivity contribution in [3.63, 3.8) is 0 Å². The van der Waals surface area contributed by atoms with E-state index in [1.54, 1.807) is 66.7 Å². The van der Waals surface area contributed by atoms with Gasteiger partial charge in [0.05, 0.1) is 16.9 Å². The Balaban J connectivity index is 1.98. The summed E-state index contributed by atoms with van der Waals surface area (Å²) in [6.45, 7) is 0. The molecule has 0 atom stereocenters. The first-order valence-corrected chi connectivity index (χ1v) is 11.4. The topological polar surface area (TPSA) is 110 Å². The van der Waals surface area contributed by atoms with Gasteiger partial charge in [0.1, 0.15) is 0 Å². The third-order valence-corrected chi connectivity index (χ3v) is 5.89. The van der Waals surface area contributed by atoms with Crippen molar-refractivity contribution in [1.82, 2.24) is 0 Å². The van der Waals surface area contributed by atoms with Crippen LogP contribution in [-0.4, -0.2) is 32.6 Å². The molecule has 8 nitrogen and oxygen atoms in total. The number of benzene rings is 3. The lowest BCUT2D eigenvalue weighted by Gasteiger charge is -2.18. The zero-order valence-electron chi connectivity index (χ0n) is 17.4. The van der Waals surface area contributed by atoms with Gasteiger partial charge in [0.15, 0.2) is 0 Å². The Morgan fingerprint density at radius 3 is 2.34 bits per heavy atom. The van der Waals surface area contributed by atoms with Gasteiger partial charge in [-0.3, -0.25) is 19.2 Å². The van der Waals surface area contributed by atoms with E-state index in [4.69, 9.17) is 0 Å². The maximum absolute atomic E-state index is 13.2. The van der Waals surface area contributed by atoms with E-state index in [9.17, 15) is 23.3 Å². The summed E-state index contributed by atoms with van der Waals surface area (Å²) >= 11 is 0. The number of hydrogen-bond acceptors (Lipinski definition) is 5. The molecule has 0 spiro atoms. The summed E-state index contributed by atoms with van der Waals surface area (Å²) in [6, 6.07) is 21.3. The minimum Gasteiger partial charge on any atom is -0.322 e. The van der Waals surface area contributed by atoms with E-state index in [0.29, 0.717) is 28.1 Å². The molecule has 0 fully saturated rings. The third-order valence-electron chi connectivity index (χ3n) is 4.69. The van der Waals surface area contributed by atoms with Crippen molar-refractivity contribution in [2.24, 2.45) is 0 Å². The summed E-state index contributed by atoms with van der Waals surface area (Å²) in [4.78, 5) is 23.8. The number of carbonyl (C=O) groups excluding carboxylic acids is 1. The van der Waals surface area contributed by atoms with Crippen LogP contribution in [0, 0.1) is 10.1 Å². The number of rotatable bonds is 7. The number of non-ortho nitro benzene ring substituents is 1. The monoisotopic (exact) mass is 451 g/mol. The number of nitrogens with zero attached hydrogens (tertiary/aromatic N) is 2. The summed E-state index contributed by atoms with van der Waals surface area (Å²) in [5.74, 6) is -0.443. The summed E-state index contributed by atoms with van der Waals surface area (Å²) in [5, 5.41) is 13.9. The number of carbonyl (C=O) groups is 1. The van der Waals surface area contributed by atoms with Crippen LogP contribution >= 0.6 is 0 Å². The van der Waals surface area contributed by atoms with Crippen molar-refractivity contribution in [2.75, 3.05) is 22.9 Å². The lowest BCUT2D eigenvalue weighted by Crippen LogP contribution is -2.25. The lowest BCUT2D eigenvalue weighted by molar-refractivity contribution is -0.384. The van der Waals surface area contributed by atoms with Crippen LogP contribution in [0.1, 0.15) is 11.1 Å². The third kappa shape index (κ3) is 5.58. The first-order chi connectivity index (χ1) is 15.1. The first kappa shape index (κ1) is 22.7. The molecule has 0 saturated heterocycles. The predicted molar refractivity (Wildman–Crippen MR) is 126 cm³/mol. The van der Waals surface area contributed by atoms with E-state index in [2.05, 4.69) is 5.32 Å². The second-order valence-corrected chi connectivity index (χ2v) is 9.02. The van der Waals surface area contributed by atoms with Crippen molar-refractivity contribution in [2.45, 2.75) is 0 Å². The molecule has 164 valence electrons. The Morgan fingerprint density at radius 1 is 1.00 bits per heavy atom. The van der Waals surface area contributed by atoms with Gasteiger partial charge in [-0.1, -0.05) is 48.5 Å². The van der Waals surface area contributed by atoms with Crippen LogP contribution in [0.25, 0.3) is 11.6 Å². The van der Waals surface area contributed by atoms with Crippen molar-refractivity contribution in [3.8, 4) is 0 Å². The van der Waals surface area contributed by atoms with Gasteiger partial charge in [0.25, 0.3) is 11.6 Å². The quantitative estimate of drug-likeness (QED) is 0.251. The fourth-order valence-electron chi connectivity index (χ4n) is 2.96. The molecule has 3 aromatic rings. The molecule has 3 aromatic carbocycles. The standard InChI is InChI=1S/C23H21N3O5S/c1-25(32(2,30)31)20-12-7-11-19(16-20)24-23(27)22(18-9-4-3-5-10-18)15-17-8-6-13-21(14-17)26(28)29/h3-16H,1-2H3,(H,24,27). The molecule has 3 rings (SSSR count). The van der Waals surface area contributed by atoms with Gasteiger partial charge in [0, 0.05) is 30.4 Å². The van der Waals surface area contributed by atoms with E-state index >= 15 is 0 Å². The highest BCUT2D eigenvalue weighted by Crippen LogP contribution is 2.25. The first-order valence-electron chi connectivity index (χ1n) is 9.52. The molecule has 0 aliphatic carbocycles. The molecule has 0 aliphatic rings. The number of hydrogen-bond donors (Lipinski definition) is 1. The van der Waals surface area contributed by atoms with Gasteiger partial charge in [-0.25, -0.2) is 8.42 Å². The number of amides is 1. The summed E-state index contributed by atoms with van der Waals surface area (Å²) in [6.07, 6.45) is 2.66. The SMILES string of the molecule is CN(c1cccc(NC(=O)C(=Cc2cccc([N+](=O)[O-])c2)c2ccccc2)c1)S(C)(=O)=O. The van der Waals surface area contributed by atoms with Gasteiger partial charge in [-0.2, -0.15) is 0 Å². The molecule has 0 bridgehead atoms. The number of nitrogens with one attached hydrogen (secondary N) is 1. The van der Waals surface area contributed by atoms with Gasteiger partial charge in [0.2, 0.25) is 10.0 Å². The molecule has 0 heterocycles. The van der Waals surface area contributed by atoms with Crippen LogP contribution in [0.3, 0.4) is 0 Å². The molecular formula is C23H21N3O5S. The van der Waals surface area contributed by atoms with Crippen molar-refractivity contribution >= 4 is 44.6 Å². The lowest BCUT2D eigenvalue weighted by atomic mass is 10.0. The molecule has 9 heteroatoms. The Morgan fingerprint density at radius 2 is 1.69 bits per heavy atom. The minimum absolute atomic E-state index is 0.0805. The zero-order chi connectivity index (χ0) is 23.3. The van der Waals surface area contributed by atoms with Gasteiger partial charge in [-0.05, 0) is 35.4 Å². The van der Waals surface area contributed by atoms with Crippen molar-refractivity contribution < 1.29 is 18.1 Å². The Labute approximate surface area is 186 Å². The van der Waals surface area contributed by atoms with E-state index in [-0.39, 0.29) is 5.69 Å². The van der Waals surface area contributed by atoms with Crippen LogP contribution in [0.4, 0.5) is 17.1 Å². The zero-order valence-corrected chi connectivity index (χ0v) is 18.2. The minimum atomic E-state index is -3.46. The van der Waals surface area contributed by atoms with Crippen molar-refractivity contribution in [3.05, 3.63) is 100 Å². The van der Waals surface area contributed by atoms with Crippen LogP contribution in [0.2, 0.25) is 0 Å². The number of nitro benzene ring substituents is 1.